The van der Waals surface area contributed by atoms with Gasteiger partial charge in [0.05, 0.1) is 25.8 Å². The number of hydrogen-bond acceptors (Lipinski definition) is 5. The number of nitrogens with one attached hydrogen (secondary N) is 1. The van der Waals surface area contributed by atoms with Gasteiger partial charge in [-0.05, 0) is 42.8 Å². The van der Waals surface area contributed by atoms with E-state index in [4.69, 9.17) is 9.47 Å². The van der Waals surface area contributed by atoms with Crippen LogP contribution < -0.4 is 14.8 Å². The Morgan fingerprint density at radius 1 is 0.939 bits per heavy atom. The number of rotatable bonds is 8. The number of halogens is 1. The number of carbonyl (C=O) groups excluding carboxylic acids is 2. The third-order valence-electron chi connectivity index (χ3n) is 5.24. The molecule has 0 saturated heterocycles. The van der Waals surface area contributed by atoms with Crippen molar-refractivity contribution in [3.63, 3.8) is 0 Å². The SMILES string of the molecule is CCOc1cccc(NC2=C(c3ccc(F)cc3)C(=O)N(Cc3ccccc3OC)C2=O)c1. The Labute approximate surface area is 191 Å². The van der Waals surface area contributed by atoms with Crippen LogP contribution in [-0.4, -0.2) is 30.4 Å². The number of methoxy groups -OCH3 is 1. The van der Waals surface area contributed by atoms with Gasteiger partial charge in [-0.3, -0.25) is 14.5 Å². The molecule has 6 nitrogen and oxygen atoms in total. The number of amides is 2. The van der Waals surface area contributed by atoms with E-state index in [0.29, 0.717) is 34.9 Å². The predicted octanol–water partition coefficient (Wildman–Crippen LogP) is 4.63. The Hall–Kier alpha value is -4.13. The van der Waals surface area contributed by atoms with E-state index in [1.165, 1.54) is 31.4 Å². The number of benzene rings is 3. The molecule has 0 radical (unpaired) electrons. The molecular formula is C26H23FN2O4. The van der Waals surface area contributed by atoms with Gasteiger partial charge in [-0.25, -0.2) is 4.39 Å². The van der Waals surface area contributed by atoms with Gasteiger partial charge < -0.3 is 14.8 Å². The first-order valence-corrected chi connectivity index (χ1v) is 10.5. The summed E-state index contributed by atoms with van der Waals surface area (Å²) >= 11 is 0. The van der Waals surface area contributed by atoms with Crippen LogP contribution in [0.3, 0.4) is 0 Å². The summed E-state index contributed by atoms with van der Waals surface area (Å²) in [5.41, 5.74) is 2.03. The van der Waals surface area contributed by atoms with Gasteiger partial charge >= 0.3 is 0 Å². The van der Waals surface area contributed by atoms with E-state index in [1.54, 1.807) is 36.4 Å². The van der Waals surface area contributed by atoms with Crippen LogP contribution in [0.4, 0.5) is 10.1 Å². The first-order valence-electron chi connectivity index (χ1n) is 10.5. The molecule has 3 aromatic carbocycles. The second-order valence-corrected chi connectivity index (χ2v) is 7.35. The van der Waals surface area contributed by atoms with Gasteiger partial charge in [0.15, 0.2) is 0 Å². The highest BCUT2D eigenvalue weighted by Crippen LogP contribution is 2.33. The fourth-order valence-corrected chi connectivity index (χ4v) is 3.70. The Balaban J connectivity index is 1.73. The van der Waals surface area contributed by atoms with E-state index >= 15 is 0 Å². The number of ether oxygens (including phenoxy) is 2. The van der Waals surface area contributed by atoms with Gasteiger partial charge in [-0.2, -0.15) is 0 Å². The molecule has 168 valence electrons. The highest BCUT2D eigenvalue weighted by molar-refractivity contribution is 6.36. The molecule has 1 aliphatic rings. The molecule has 4 rings (SSSR count). The number of para-hydroxylation sites is 1. The molecule has 2 amide bonds. The van der Waals surface area contributed by atoms with Crippen LogP contribution in [0.1, 0.15) is 18.1 Å². The molecule has 7 heteroatoms. The van der Waals surface area contributed by atoms with Crippen molar-refractivity contribution in [3.05, 3.63) is 95.4 Å². The van der Waals surface area contributed by atoms with Crippen molar-refractivity contribution in [2.75, 3.05) is 19.0 Å². The van der Waals surface area contributed by atoms with Crippen LogP contribution >= 0.6 is 0 Å². The number of carbonyl (C=O) groups is 2. The Bertz CT molecular complexity index is 1220. The quantitative estimate of drug-likeness (QED) is 0.511. The average molecular weight is 446 g/mol. The zero-order chi connectivity index (χ0) is 23.4. The van der Waals surface area contributed by atoms with Crippen molar-refractivity contribution in [1.29, 1.82) is 0 Å². The predicted molar refractivity (Wildman–Crippen MR) is 123 cm³/mol. The van der Waals surface area contributed by atoms with Crippen LogP contribution in [0.25, 0.3) is 5.57 Å². The van der Waals surface area contributed by atoms with E-state index < -0.39 is 17.6 Å². The van der Waals surface area contributed by atoms with Crippen LogP contribution in [0.15, 0.2) is 78.5 Å². The highest BCUT2D eigenvalue weighted by Gasteiger charge is 2.39. The number of imide groups is 1. The summed E-state index contributed by atoms with van der Waals surface area (Å²) in [6, 6.07) is 19.8. The second kappa shape index (κ2) is 9.56. The summed E-state index contributed by atoms with van der Waals surface area (Å²) in [5.74, 6) is -0.171. The van der Waals surface area contributed by atoms with Crippen molar-refractivity contribution in [3.8, 4) is 11.5 Å². The molecular weight excluding hydrogens is 423 g/mol. The maximum Gasteiger partial charge on any atom is 0.278 e. The first-order chi connectivity index (χ1) is 16.0. The molecule has 0 bridgehead atoms. The van der Waals surface area contributed by atoms with Gasteiger partial charge in [0.1, 0.15) is 23.0 Å². The summed E-state index contributed by atoms with van der Waals surface area (Å²) < 4.78 is 24.4. The van der Waals surface area contributed by atoms with Gasteiger partial charge in [0.25, 0.3) is 11.8 Å². The lowest BCUT2D eigenvalue weighted by Gasteiger charge is -2.17. The molecule has 0 atom stereocenters. The van der Waals surface area contributed by atoms with Crippen LogP contribution in [-0.2, 0) is 16.1 Å². The molecule has 0 fully saturated rings. The van der Waals surface area contributed by atoms with E-state index in [2.05, 4.69) is 5.32 Å². The largest absolute Gasteiger partial charge is 0.496 e. The smallest absolute Gasteiger partial charge is 0.278 e. The Morgan fingerprint density at radius 3 is 2.42 bits per heavy atom. The minimum Gasteiger partial charge on any atom is -0.496 e. The molecule has 1 N–H and O–H groups in total. The Morgan fingerprint density at radius 2 is 1.70 bits per heavy atom. The summed E-state index contributed by atoms with van der Waals surface area (Å²) in [4.78, 5) is 28.0. The maximum atomic E-state index is 13.5. The lowest BCUT2D eigenvalue weighted by molar-refractivity contribution is -0.137. The molecule has 0 aliphatic carbocycles. The third-order valence-corrected chi connectivity index (χ3v) is 5.24. The minimum absolute atomic E-state index is 0.0382. The highest BCUT2D eigenvalue weighted by atomic mass is 19.1. The molecule has 33 heavy (non-hydrogen) atoms. The molecule has 3 aromatic rings. The summed E-state index contributed by atoms with van der Waals surface area (Å²) in [7, 11) is 1.53. The summed E-state index contributed by atoms with van der Waals surface area (Å²) in [6.45, 7) is 2.41. The molecule has 1 aliphatic heterocycles. The van der Waals surface area contributed by atoms with Crippen molar-refractivity contribution >= 4 is 23.1 Å². The summed E-state index contributed by atoms with van der Waals surface area (Å²) in [5, 5.41) is 3.09. The standard InChI is InChI=1S/C26H23FN2O4/c1-3-33-21-9-6-8-20(15-21)28-24-23(17-11-13-19(27)14-12-17)25(30)29(26(24)31)16-18-7-4-5-10-22(18)32-2/h4-15,28H,3,16H2,1-2H3. The van der Waals surface area contributed by atoms with E-state index in [0.717, 1.165) is 4.90 Å². The van der Waals surface area contributed by atoms with Crippen molar-refractivity contribution in [2.24, 2.45) is 0 Å². The zero-order valence-electron chi connectivity index (χ0n) is 18.3. The first kappa shape index (κ1) is 22.1. The van der Waals surface area contributed by atoms with Gasteiger partial charge in [-0.1, -0.05) is 36.4 Å². The summed E-state index contributed by atoms with van der Waals surface area (Å²) in [6.07, 6.45) is 0. The number of anilines is 1. The van der Waals surface area contributed by atoms with Crippen LogP contribution in [0.2, 0.25) is 0 Å². The fraction of sp³-hybridized carbons (Fsp3) is 0.154. The van der Waals surface area contributed by atoms with Crippen molar-refractivity contribution in [1.82, 2.24) is 4.90 Å². The van der Waals surface area contributed by atoms with Gasteiger partial charge in [0.2, 0.25) is 0 Å². The second-order valence-electron chi connectivity index (χ2n) is 7.35. The van der Waals surface area contributed by atoms with Gasteiger partial charge in [-0.15, -0.1) is 0 Å². The third kappa shape index (κ3) is 4.57. The van der Waals surface area contributed by atoms with Gasteiger partial charge in [0, 0.05) is 17.3 Å². The molecule has 1 heterocycles. The van der Waals surface area contributed by atoms with Crippen molar-refractivity contribution < 1.29 is 23.5 Å². The molecule has 0 unspecified atom stereocenters. The lowest BCUT2D eigenvalue weighted by atomic mass is 10.0. The fourth-order valence-electron chi connectivity index (χ4n) is 3.70. The van der Waals surface area contributed by atoms with E-state index in [1.807, 2.05) is 19.1 Å². The molecule has 0 spiro atoms. The van der Waals surface area contributed by atoms with Crippen LogP contribution in [0.5, 0.6) is 11.5 Å². The minimum atomic E-state index is -0.480. The van der Waals surface area contributed by atoms with E-state index in [9.17, 15) is 14.0 Å². The lowest BCUT2D eigenvalue weighted by Crippen LogP contribution is -2.32. The Kier molecular flexibility index (Phi) is 6.40. The molecule has 0 saturated carbocycles. The van der Waals surface area contributed by atoms with Crippen LogP contribution in [0, 0.1) is 5.82 Å². The topological polar surface area (TPSA) is 67.9 Å². The average Bonchev–Trinajstić information content (AvgIpc) is 3.05. The van der Waals surface area contributed by atoms with Crippen molar-refractivity contribution in [2.45, 2.75) is 13.5 Å². The number of hydrogen-bond donors (Lipinski definition) is 1. The maximum absolute atomic E-state index is 13.5. The number of nitrogens with zero attached hydrogens (tertiary/aromatic N) is 1. The molecule has 0 aromatic heterocycles. The zero-order valence-corrected chi connectivity index (χ0v) is 18.3. The van der Waals surface area contributed by atoms with E-state index in [-0.39, 0.29) is 17.8 Å². The normalized spacial score (nSPS) is 13.5. The monoisotopic (exact) mass is 446 g/mol.